The minimum atomic E-state index is -1.12. The van der Waals surface area contributed by atoms with Gasteiger partial charge in [0.2, 0.25) is 11.8 Å². The van der Waals surface area contributed by atoms with Crippen LogP contribution in [0.2, 0.25) is 0 Å². The van der Waals surface area contributed by atoms with Crippen molar-refractivity contribution in [3.05, 3.63) is 85.2 Å². The maximum atomic E-state index is 12.3. The SMILES string of the molecule is COc1ccc2c(n1)sc1nc(-c3cccc(O)c3)cn12.COc1ccc2c(n1)sc1nc(-c3cccc(OCC(O)CF)c3)cn12.FCC1CO1. The second-order valence-corrected chi connectivity index (χ2v) is 13.3. The number of halogens is 2. The number of aliphatic hydroxyl groups is 1. The zero-order valence-electron chi connectivity index (χ0n) is 27.8. The van der Waals surface area contributed by atoms with Crippen LogP contribution in [0, 0.1) is 0 Å². The lowest BCUT2D eigenvalue weighted by atomic mass is 10.1. The Balaban J connectivity index is 0.000000145. The Kier molecular flexibility index (Phi) is 10.4. The van der Waals surface area contributed by atoms with Crippen LogP contribution in [0.5, 0.6) is 23.3 Å². The lowest BCUT2D eigenvalue weighted by Crippen LogP contribution is -2.19. The van der Waals surface area contributed by atoms with Gasteiger partial charge in [0.05, 0.1) is 43.2 Å². The number of phenolic OH excluding ortho intramolecular Hbond substituents is 1. The van der Waals surface area contributed by atoms with E-state index in [1.807, 2.05) is 75.8 Å². The molecule has 9 rings (SSSR count). The summed E-state index contributed by atoms with van der Waals surface area (Å²) in [4.78, 5) is 21.6. The van der Waals surface area contributed by atoms with Crippen molar-refractivity contribution in [3.63, 3.8) is 0 Å². The zero-order valence-corrected chi connectivity index (χ0v) is 29.5. The van der Waals surface area contributed by atoms with E-state index < -0.39 is 12.8 Å². The van der Waals surface area contributed by atoms with Gasteiger partial charge in [-0.25, -0.2) is 28.7 Å². The standard InChI is InChI=1S/C18H16FN3O3S.C15H11N3O2S.C3H5FO/c1-24-16-6-5-15-17(21-16)26-18-20-14(9-22(15)18)11-3-2-4-13(7-11)25-10-12(23)8-19;1-20-13-6-5-12-14(17-13)21-15-16-11(8-18(12)15)9-3-2-4-10(19)7-9;4-1-3-2-5-3/h2-7,9,12,23H,8,10H2,1H3;2-8,19H,1H3;3H,1-2H2. The number of phenols is 1. The number of methoxy groups -OCH3 is 2. The van der Waals surface area contributed by atoms with E-state index in [9.17, 15) is 19.0 Å². The lowest BCUT2D eigenvalue weighted by molar-refractivity contribution is 0.0842. The van der Waals surface area contributed by atoms with Gasteiger partial charge in [0.1, 0.15) is 53.3 Å². The van der Waals surface area contributed by atoms with Gasteiger partial charge >= 0.3 is 0 Å². The summed E-state index contributed by atoms with van der Waals surface area (Å²) in [7, 11) is 3.19. The number of aromatic hydroxyl groups is 1. The van der Waals surface area contributed by atoms with Crippen molar-refractivity contribution in [2.75, 3.05) is 40.8 Å². The molecule has 1 aliphatic heterocycles. The van der Waals surface area contributed by atoms with Gasteiger partial charge < -0.3 is 29.2 Å². The number of nitrogens with zero attached hydrogens (tertiary/aromatic N) is 6. The molecule has 0 spiro atoms. The summed E-state index contributed by atoms with van der Waals surface area (Å²) in [5.74, 6) is 1.96. The van der Waals surface area contributed by atoms with Crippen molar-refractivity contribution >= 4 is 53.3 Å². The van der Waals surface area contributed by atoms with Crippen LogP contribution in [0.4, 0.5) is 8.78 Å². The summed E-state index contributed by atoms with van der Waals surface area (Å²) in [6.45, 7) is -0.588. The van der Waals surface area contributed by atoms with Crippen molar-refractivity contribution < 1.29 is 37.9 Å². The Bertz CT molecular complexity index is 2460. The molecular formula is C36H32F2N6O6S2. The number of rotatable bonds is 9. The topological polar surface area (TPSA) is 141 Å². The molecule has 2 unspecified atom stereocenters. The molecule has 0 amide bonds. The van der Waals surface area contributed by atoms with Crippen LogP contribution in [0.3, 0.4) is 0 Å². The average molecular weight is 747 g/mol. The van der Waals surface area contributed by atoms with Gasteiger partial charge in [-0.3, -0.25) is 8.80 Å². The van der Waals surface area contributed by atoms with Crippen LogP contribution in [-0.2, 0) is 4.74 Å². The van der Waals surface area contributed by atoms with E-state index in [0.717, 1.165) is 53.1 Å². The number of hydrogen-bond donors (Lipinski definition) is 2. The number of aliphatic hydroxyl groups excluding tert-OH is 1. The molecule has 0 bridgehead atoms. The number of ether oxygens (including phenoxy) is 4. The Morgan fingerprint density at radius 2 is 1.37 bits per heavy atom. The third-order valence-electron chi connectivity index (χ3n) is 7.76. The number of pyridine rings is 2. The van der Waals surface area contributed by atoms with Crippen LogP contribution in [0.25, 0.3) is 53.1 Å². The number of aromatic nitrogens is 6. The fraction of sp³-hybridized carbons (Fsp3) is 0.222. The monoisotopic (exact) mass is 746 g/mol. The van der Waals surface area contributed by atoms with Gasteiger partial charge in [0.15, 0.2) is 9.92 Å². The van der Waals surface area contributed by atoms with Crippen molar-refractivity contribution in [1.82, 2.24) is 28.7 Å². The number of imidazole rings is 2. The molecule has 268 valence electrons. The van der Waals surface area contributed by atoms with Gasteiger partial charge in [-0.05, 0) is 36.4 Å². The van der Waals surface area contributed by atoms with Crippen molar-refractivity contribution in [2.45, 2.75) is 12.2 Å². The molecule has 12 nitrogen and oxygen atoms in total. The van der Waals surface area contributed by atoms with Gasteiger partial charge in [0.25, 0.3) is 0 Å². The number of thiazole rings is 2. The first kappa shape index (κ1) is 35.0. The predicted octanol–water partition coefficient (Wildman–Crippen LogP) is 7.01. The lowest BCUT2D eigenvalue weighted by Gasteiger charge is -2.09. The van der Waals surface area contributed by atoms with E-state index in [0.29, 0.717) is 24.1 Å². The Labute approximate surface area is 303 Å². The number of alkyl halides is 2. The number of hydrogen-bond acceptors (Lipinski definition) is 12. The quantitative estimate of drug-likeness (QED) is 0.148. The summed E-state index contributed by atoms with van der Waals surface area (Å²) in [6, 6.07) is 22.0. The molecule has 2 atom stereocenters. The first-order chi connectivity index (χ1) is 25.3. The molecule has 1 saturated heterocycles. The maximum absolute atomic E-state index is 12.3. The highest BCUT2D eigenvalue weighted by Crippen LogP contribution is 2.32. The molecule has 0 saturated carbocycles. The molecule has 16 heteroatoms. The zero-order chi connectivity index (χ0) is 36.2. The Morgan fingerprint density at radius 1 is 0.808 bits per heavy atom. The Hall–Kier alpha value is -5.42. The van der Waals surface area contributed by atoms with Gasteiger partial charge in [-0.2, -0.15) is 0 Å². The first-order valence-electron chi connectivity index (χ1n) is 15.9. The normalized spacial score (nSPS) is 14.1. The van der Waals surface area contributed by atoms with Crippen molar-refractivity contribution in [2.24, 2.45) is 0 Å². The number of benzene rings is 2. The van der Waals surface area contributed by atoms with Gasteiger partial charge in [-0.15, -0.1) is 0 Å². The van der Waals surface area contributed by atoms with Crippen LogP contribution in [-0.4, -0.2) is 91.9 Å². The highest BCUT2D eigenvalue weighted by Gasteiger charge is 2.21. The van der Waals surface area contributed by atoms with Crippen LogP contribution >= 0.6 is 22.7 Å². The van der Waals surface area contributed by atoms with Crippen LogP contribution < -0.4 is 14.2 Å². The summed E-state index contributed by atoms with van der Waals surface area (Å²) >= 11 is 2.99. The molecule has 1 fully saturated rings. The van der Waals surface area contributed by atoms with E-state index in [4.69, 9.17) is 14.2 Å². The van der Waals surface area contributed by atoms with Crippen molar-refractivity contribution in [3.8, 4) is 45.8 Å². The van der Waals surface area contributed by atoms with Crippen LogP contribution in [0.15, 0.2) is 85.2 Å². The second-order valence-electron chi connectivity index (χ2n) is 11.4. The first-order valence-corrected chi connectivity index (χ1v) is 17.6. The fourth-order valence-electron chi connectivity index (χ4n) is 5.05. The predicted molar refractivity (Wildman–Crippen MR) is 196 cm³/mol. The van der Waals surface area contributed by atoms with E-state index in [1.54, 1.807) is 32.4 Å². The average Bonchev–Trinajstić information content (AvgIpc) is 3.45. The third kappa shape index (κ3) is 7.74. The maximum Gasteiger partial charge on any atom is 0.214 e. The summed E-state index contributed by atoms with van der Waals surface area (Å²) < 4.78 is 47.6. The smallest absolute Gasteiger partial charge is 0.214 e. The van der Waals surface area contributed by atoms with Gasteiger partial charge in [-0.1, -0.05) is 46.9 Å². The number of epoxide rings is 1. The highest BCUT2D eigenvalue weighted by molar-refractivity contribution is 7.23. The highest BCUT2D eigenvalue weighted by atomic mass is 32.1. The molecule has 1 aliphatic rings. The molecule has 0 aliphatic carbocycles. The van der Waals surface area contributed by atoms with E-state index in [2.05, 4.69) is 24.7 Å². The largest absolute Gasteiger partial charge is 0.508 e. The minimum absolute atomic E-state index is 0.0324. The molecule has 2 aromatic carbocycles. The summed E-state index contributed by atoms with van der Waals surface area (Å²) in [5.41, 5.74) is 5.35. The Morgan fingerprint density at radius 3 is 1.85 bits per heavy atom. The van der Waals surface area contributed by atoms with Gasteiger partial charge in [0, 0.05) is 35.7 Å². The minimum Gasteiger partial charge on any atom is -0.508 e. The molecule has 8 aromatic rings. The molecule has 6 aromatic heterocycles. The van der Waals surface area contributed by atoms with E-state index in [1.165, 1.54) is 22.7 Å². The summed E-state index contributed by atoms with van der Waals surface area (Å²) in [5, 5.41) is 18.9. The number of fused-ring (bicyclic) bond motifs is 6. The van der Waals surface area contributed by atoms with Crippen molar-refractivity contribution in [1.29, 1.82) is 0 Å². The van der Waals surface area contributed by atoms with Crippen LogP contribution in [0.1, 0.15) is 0 Å². The molecule has 52 heavy (non-hydrogen) atoms. The molecule has 0 radical (unpaired) electrons. The summed E-state index contributed by atoms with van der Waals surface area (Å²) in [6.07, 6.45) is 2.75. The molecule has 2 N–H and O–H groups in total. The fourth-order valence-corrected chi connectivity index (χ4v) is 6.99. The second kappa shape index (κ2) is 15.4. The molecular weight excluding hydrogens is 715 g/mol. The molecule has 7 heterocycles. The van der Waals surface area contributed by atoms with E-state index >= 15 is 0 Å². The third-order valence-corrected chi connectivity index (χ3v) is 9.69. The van der Waals surface area contributed by atoms with E-state index in [-0.39, 0.29) is 25.1 Å².